The molecule has 1 aliphatic rings. The van der Waals surface area contributed by atoms with Gasteiger partial charge in [0, 0.05) is 31.8 Å². The quantitative estimate of drug-likeness (QED) is 0.910. The number of amides is 2. The van der Waals surface area contributed by atoms with E-state index in [0.29, 0.717) is 5.92 Å². The lowest BCUT2D eigenvalue weighted by Gasteiger charge is -2.32. The third-order valence-electron chi connectivity index (χ3n) is 3.60. The third-order valence-corrected chi connectivity index (χ3v) is 3.60. The highest BCUT2D eigenvalue weighted by Crippen LogP contribution is 2.19. The van der Waals surface area contributed by atoms with Crippen LogP contribution in [0.5, 0.6) is 0 Å². The average Bonchev–Trinajstić information content (AvgIpc) is 2.42. The maximum absolute atomic E-state index is 12.2. The average molecular weight is 262 g/mol. The summed E-state index contributed by atoms with van der Waals surface area (Å²) in [5.74, 6) is 0.460. The predicted molar refractivity (Wildman–Crippen MR) is 76.4 cm³/mol. The van der Waals surface area contributed by atoms with Crippen molar-refractivity contribution >= 4 is 11.7 Å². The molecule has 2 rings (SSSR count). The van der Waals surface area contributed by atoms with Gasteiger partial charge in [-0.1, -0.05) is 18.2 Å². The number of hydrogen-bond acceptors (Lipinski definition) is 2. The largest absolute Gasteiger partial charge is 0.384 e. The number of benzene rings is 1. The first-order valence-corrected chi connectivity index (χ1v) is 6.81. The Morgan fingerprint density at radius 2 is 2.26 bits per heavy atom. The number of nitrogens with one attached hydrogen (secondary N) is 1. The molecule has 1 aromatic rings. The molecule has 4 nitrogen and oxygen atoms in total. The number of urea groups is 1. The van der Waals surface area contributed by atoms with E-state index < -0.39 is 0 Å². The molecular formula is C15H22N2O2. The monoisotopic (exact) mass is 262 g/mol. The molecular weight excluding hydrogens is 240 g/mol. The van der Waals surface area contributed by atoms with Crippen molar-refractivity contribution in [3.8, 4) is 0 Å². The molecule has 1 fully saturated rings. The minimum atomic E-state index is -0.00453. The SMILES string of the molecule is COCC1CCCN(C(=O)Nc2ccccc2C)C1. The van der Waals surface area contributed by atoms with Crippen LogP contribution in [0.3, 0.4) is 0 Å². The summed E-state index contributed by atoms with van der Waals surface area (Å²) in [7, 11) is 1.71. The van der Waals surface area contributed by atoms with Gasteiger partial charge >= 0.3 is 6.03 Å². The van der Waals surface area contributed by atoms with Gasteiger partial charge in [-0.3, -0.25) is 0 Å². The van der Waals surface area contributed by atoms with Gasteiger partial charge in [0.25, 0.3) is 0 Å². The summed E-state index contributed by atoms with van der Waals surface area (Å²) in [5, 5.41) is 2.99. The molecule has 19 heavy (non-hydrogen) atoms. The van der Waals surface area contributed by atoms with Crippen LogP contribution in [0.1, 0.15) is 18.4 Å². The zero-order valence-electron chi connectivity index (χ0n) is 11.7. The van der Waals surface area contributed by atoms with Crippen LogP contribution >= 0.6 is 0 Å². The fourth-order valence-corrected chi connectivity index (χ4v) is 2.53. The van der Waals surface area contributed by atoms with E-state index in [0.717, 1.165) is 43.8 Å². The minimum Gasteiger partial charge on any atom is -0.384 e. The second-order valence-electron chi connectivity index (χ2n) is 5.15. The lowest BCUT2D eigenvalue weighted by Crippen LogP contribution is -2.43. The number of para-hydroxylation sites is 1. The van der Waals surface area contributed by atoms with E-state index in [1.54, 1.807) is 7.11 Å². The molecule has 1 aliphatic heterocycles. The Labute approximate surface area is 114 Å². The molecule has 1 unspecified atom stereocenters. The van der Waals surface area contributed by atoms with Gasteiger partial charge in [0.2, 0.25) is 0 Å². The van der Waals surface area contributed by atoms with Crippen LogP contribution in [0.2, 0.25) is 0 Å². The normalized spacial score (nSPS) is 19.3. The summed E-state index contributed by atoms with van der Waals surface area (Å²) in [5.41, 5.74) is 1.97. The summed E-state index contributed by atoms with van der Waals surface area (Å²) in [4.78, 5) is 14.1. The van der Waals surface area contributed by atoms with Crippen LogP contribution in [-0.4, -0.2) is 37.7 Å². The number of aryl methyl sites for hydroxylation is 1. The molecule has 0 saturated carbocycles. The van der Waals surface area contributed by atoms with E-state index >= 15 is 0 Å². The van der Waals surface area contributed by atoms with Crippen molar-refractivity contribution in [3.05, 3.63) is 29.8 Å². The van der Waals surface area contributed by atoms with Crippen LogP contribution in [-0.2, 0) is 4.74 Å². The Balaban J connectivity index is 1.94. The summed E-state index contributed by atoms with van der Waals surface area (Å²) < 4.78 is 5.19. The van der Waals surface area contributed by atoms with E-state index in [1.165, 1.54) is 0 Å². The smallest absolute Gasteiger partial charge is 0.321 e. The number of carbonyl (C=O) groups is 1. The molecule has 0 aromatic heterocycles. The lowest BCUT2D eigenvalue weighted by atomic mass is 9.99. The Bertz CT molecular complexity index is 432. The molecule has 104 valence electrons. The first-order chi connectivity index (χ1) is 9.20. The number of rotatable bonds is 3. The highest BCUT2D eigenvalue weighted by atomic mass is 16.5. The second kappa shape index (κ2) is 6.57. The van der Waals surface area contributed by atoms with E-state index in [1.807, 2.05) is 36.1 Å². The molecule has 4 heteroatoms. The number of methoxy groups -OCH3 is 1. The summed E-state index contributed by atoms with van der Waals surface area (Å²) in [6.45, 7) is 4.34. The molecule has 1 heterocycles. The van der Waals surface area contributed by atoms with Crippen LogP contribution in [0.15, 0.2) is 24.3 Å². The van der Waals surface area contributed by atoms with E-state index in [4.69, 9.17) is 4.74 Å². The molecule has 1 N–H and O–H groups in total. The van der Waals surface area contributed by atoms with Crippen molar-refractivity contribution in [2.75, 3.05) is 32.1 Å². The standard InChI is InChI=1S/C15H22N2O2/c1-12-6-3-4-8-14(12)16-15(18)17-9-5-7-13(10-17)11-19-2/h3-4,6,8,13H,5,7,9-11H2,1-2H3,(H,16,18). The highest BCUT2D eigenvalue weighted by Gasteiger charge is 2.23. The summed E-state index contributed by atoms with van der Waals surface area (Å²) in [6.07, 6.45) is 2.19. The first kappa shape index (κ1) is 13.9. The third kappa shape index (κ3) is 3.70. The van der Waals surface area contributed by atoms with Crippen molar-refractivity contribution in [1.82, 2.24) is 4.90 Å². The molecule has 2 amide bonds. The number of hydrogen-bond donors (Lipinski definition) is 1. The number of ether oxygens (including phenoxy) is 1. The summed E-state index contributed by atoms with van der Waals surface area (Å²) >= 11 is 0. The highest BCUT2D eigenvalue weighted by molar-refractivity contribution is 5.90. The zero-order valence-corrected chi connectivity index (χ0v) is 11.7. The topological polar surface area (TPSA) is 41.6 Å². The first-order valence-electron chi connectivity index (χ1n) is 6.81. The van der Waals surface area contributed by atoms with Crippen molar-refractivity contribution in [3.63, 3.8) is 0 Å². The summed E-state index contributed by atoms with van der Waals surface area (Å²) in [6, 6.07) is 7.84. The van der Waals surface area contributed by atoms with Gasteiger partial charge in [0.1, 0.15) is 0 Å². The van der Waals surface area contributed by atoms with Crippen LogP contribution in [0.4, 0.5) is 10.5 Å². The van der Waals surface area contributed by atoms with Crippen molar-refractivity contribution in [2.45, 2.75) is 19.8 Å². The number of anilines is 1. The Kier molecular flexibility index (Phi) is 4.80. The molecule has 1 saturated heterocycles. The number of carbonyl (C=O) groups excluding carboxylic acids is 1. The fraction of sp³-hybridized carbons (Fsp3) is 0.533. The minimum absolute atomic E-state index is 0.00453. The molecule has 1 aromatic carbocycles. The van der Waals surface area contributed by atoms with Crippen LogP contribution < -0.4 is 5.32 Å². The second-order valence-corrected chi connectivity index (χ2v) is 5.15. The van der Waals surface area contributed by atoms with Gasteiger partial charge in [0.05, 0.1) is 6.61 Å². The van der Waals surface area contributed by atoms with Gasteiger partial charge in [-0.15, -0.1) is 0 Å². The number of piperidine rings is 1. The van der Waals surface area contributed by atoms with Gasteiger partial charge in [0.15, 0.2) is 0 Å². The molecule has 0 spiro atoms. The predicted octanol–water partition coefficient (Wildman–Crippen LogP) is 2.89. The van der Waals surface area contributed by atoms with Crippen molar-refractivity contribution in [1.29, 1.82) is 0 Å². The molecule has 1 atom stereocenters. The maximum Gasteiger partial charge on any atom is 0.321 e. The van der Waals surface area contributed by atoms with Crippen LogP contribution in [0.25, 0.3) is 0 Å². The Morgan fingerprint density at radius 1 is 1.47 bits per heavy atom. The van der Waals surface area contributed by atoms with E-state index in [2.05, 4.69) is 5.32 Å². The van der Waals surface area contributed by atoms with Crippen molar-refractivity contribution in [2.24, 2.45) is 5.92 Å². The molecule has 0 aliphatic carbocycles. The van der Waals surface area contributed by atoms with Crippen molar-refractivity contribution < 1.29 is 9.53 Å². The van der Waals surface area contributed by atoms with Gasteiger partial charge in [-0.2, -0.15) is 0 Å². The molecule has 0 radical (unpaired) electrons. The number of nitrogens with zero attached hydrogens (tertiary/aromatic N) is 1. The molecule has 0 bridgehead atoms. The maximum atomic E-state index is 12.2. The van der Waals surface area contributed by atoms with E-state index in [9.17, 15) is 4.79 Å². The van der Waals surface area contributed by atoms with Gasteiger partial charge in [-0.05, 0) is 31.4 Å². The zero-order chi connectivity index (χ0) is 13.7. The Morgan fingerprint density at radius 3 is 3.00 bits per heavy atom. The van der Waals surface area contributed by atoms with Gasteiger partial charge < -0.3 is 15.0 Å². The fourth-order valence-electron chi connectivity index (χ4n) is 2.53. The van der Waals surface area contributed by atoms with E-state index in [-0.39, 0.29) is 6.03 Å². The Hall–Kier alpha value is -1.55. The lowest BCUT2D eigenvalue weighted by molar-refractivity contribution is 0.104. The van der Waals surface area contributed by atoms with Crippen LogP contribution in [0, 0.1) is 12.8 Å². The van der Waals surface area contributed by atoms with Gasteiger partial charge in [-0.25, -0.2) is 4.79 Å². The number of likely N-dealkylation sites (tertiary alicyclic amines) is 1.